The first-order valence-electron chi connectivity index (χ1n) is 9.59. The molecule has 0 bridgehead atoms. The molecule has 2 N–H and O–H groups in total. The maximum Gasteiger partial charge on any atom is 0.251 e. The first-order chi connectivity index (χ1) is 12.5. The zero-order valence-electron chi connectivity index (χ0n) is 15.6. The number of amides is 1. The van der Waals surface area contributed by atoms with Gasteiger partial charge < -0.3 is 5.32 Å². The monoisotopic (exact) mass is 378 g/mol. The van der Waals surface area contributed by atoms with Crippen LogP contribution in [0.15, 0.2) is 40.8 Å². The summed E-state index contributed by atoms with van der Waals surface area (Å²) < 4.78 is 27.6. The molecule has 1 aliphatic rings. The molecule has 1 amide bonds. The lowest BCUT2D eigenvalue weighted by Gasteiger charge is -2.13. The van der Waals surface area contributed by atoms with Gasteiger partial charge in [0.05, 0.1) is 4.90 Å². The fourth-order valence-electron chi connectivity index (χ4n) is 3.04. The average molecular weight is 379 g/mol. The van der Waals surface area contributed by atoms with E-state index >= 15 is 0 Å². The zero-order valence-corrected chi connectivity index (χ0v) is 16.4. The Morgan fingerprint density at radius 2 is 2.00 bits per heavy atom. The number of carbonyl (C=O) groups is 1. The molecule has 6 heteroatoms. The van der Waals surface area contributed by atoms with Crippen LogP contribution in [0.25, 0.3) is 0 Å². The fourth-order valence-corrected chi connectivity index (χ4v) is 4.12. The topological polar surface area (TPSA) is 75.3 Å². The largest absolute Gasteiger partial charge is 0.352 e. The summed E-state index contributed by atoms with van der Waals surface area (Å²) in [4.78, 5) is 12.3. The number of benzene rings is 1. The molecule has 0 aromatic heterocycles. The van der Waals surface area contributed by atoms with Gasteiger partial charge in [0.2, 0.25) is 10.0 Å². The summed E-state index contributed by atoms with van der Waals surface area (Å²) in [6.07, 6.45) is 10.6. The second-order valence-corrected chi connectivity index (χ2v) is 8.51. The number of allylic oxidation sites excluding steroid dienone is 1. The number of unbranched alkanes of at least 4 members (excludes halogenated alkanes) is 2. The molecular weight excluding hydrogens is 348 g/mol. The van der Waals surface area contributed by atoms with Gasteiger partial charge in [0.15, 0.2) is 0 Å². The van der Waals surface area contributed by atoms with Crippen molar-refractivity contribution in [1.82, 2.24) is 10.0 Å². The maximum atomic E-state index is 12.5. The van der Waals surface area contributed by atoms with E-state index < -0.39 is 10.0 Å². The lowest BCUT2D eigenvalue weighted by atomic mass is 9.97. The molecule has 1 aromatic rings. The van der Waals surface area contributed by atoms with E-state index in [9.17, 15) is 13.2 Å². The third-order valence-electron chi connectivity index (χ3n) is 4.60. The molecule has 0 saturated carbocycles. The summed E-state index contributed by atoms with van der Waals surface area (Å²) in [5.74, 6) is -0.231. The minimum absolute atomic E-state index is 0.135. The lowest BCUT2D eigenvalue weighted by Crippen LogP contribution is -2.27. The minimum Gasteiger partial charge on any atom is -0.352 e. The van der Waals surface area contributed by atoms with Crippen molar-refractivity contribution >= 4 is 15.9 Å². The Balaban J connectivity index is 1.91. The number of hydrogen-bond acceptors (Lipinski definition) is 3. The summed E-state index contributed by atoms with van der Waals surface area (Å²) in [6, 6.07) is 6.22. The van der Waals surface area contributed by atoms with Gasteiger partial charge >= 0.3 is 0 Å². The number of sulfonamides is 1. The van der Waals surface area contributed by atoms with Crippen LogP contribution < -0.4 is 10.0 Å². The van der Waals surface area contributed by atoms with Crippen LogP contribution in [0.1, 0.15) is 68.6 Å². The van der Waals surface area contributed by atoms with Crippen LogP contribution >= 0.6 is 0 Å². The predicted octanol–water partition coefficient (Wildman–Crippen LogP) is 3.78. The Hall–Kier alpha value is -1.66. The highest BCUT2D eigenvalue weighted by atomic mass is 32.2. The van der Waals surface area contributed by atoms with E-state index in [2.05, 4.69) is 23.0 Å². The molecule has 2 rings (SSSR count). The van der Waals surface area contributed by atoms with E-state index in [1.807, 2.05) is 0 Å². The first kappa shape index (κ1) is 20.6. The predicted molar refractivity (Wildman–Crippen MR) is 105 cm³/mol. The Morgan fingerprint density at radius 1 is 1.15 bits per heavy atom. The zero-order chi connectivity index (χ0) is 18.8. The summed E-state index contributed by atoms with van der Waals surface area (Å²) in [6.45, 7) is 3.10. The van der Waals surface area contributed by atoms with Crippen molar-refractivity contribution in [3.05, 3.63) is 41.5 Å². The van der Waals surface area contributed by atoms with Crippen LogP contribution in [-0.4, -0.2) is 27.4 Å². The molecule has 0 radical (unpaired) electrons. The SMILES string of the molecule is CCCCCNC(=O)c1cccc(S(=O)(=O)NCCC2=CCCCC2)c1. The quantitative estimate of drug-likeness (QED) is 0.481. The van der Waals surface area contributed by atoms with Gasteiger partial charge in [-0.2, -0.15) is 0 Å². The summed E-state index contributed by atoms with van der Waals surface area (Å²) in [5.41, 5.74) is 1.71. The summed E-state index contributed by atoms with van der Waals surface area (Å²) in [7, 11) is -3.60. The molecule has 0 saturated heterocycles. The minimum atomic E-state index is -3.60. The molecule has 5 nitrogen and oxygen atoms in total. The highest BCUT2D eigenvalue weighted by Crippen LogP contribution is 2.20. The third-order valence-corrected chi connectivity index (χ3v) is 6.05. The lowest BCUT2D eigenvalue weighted by molar-refractivity contribution is 0.0952. The Labute approximate surface area is 157 Å². The van der Waals surface area contributed by atoms with Gasteiger partial charge in [0.1, 0.15) is 0 Å². The van der Waals surface area contributed by atoms with Gasteiger partial charge in [-0.15, -0.1) is 0 Å². The van der Waals surface area contributed by atoms with Crippen molar-refractivity contribution in [3.63, 3.8) is 0 Å². The molecular formula is C20H30N2O3S. The summed E-state index contributed by atoms with van der Waals surface area (Å²) >= 11 is 0. The second-order valence-electron chi connectivity index (χ2n) is 6.75. The molecule has 0 spiro atoms. The maximum absolute atomic E-state index is 12.5. The molecule has 0 aliphatic heterocycles. The Bertz CT molecular complexity index is 726. The highest BCUT2D eigenvalue weighted by molar-refractivity contribution is 7.89. The van der Waals surface area contributed by atoms with E-state index in [-0.39, 0.29) is 10.8 Å². The van der Waals surface area contributed by atoms with Crippen LogP contribution in [0.4, 0.5) is 0 Å². The van der Waals surface area contributed by atoms with E-state index in [0.717, 1.165) is 38.5 Å². The Morgan fingerprint density at radius 3 is 2.73 bits per heavy atom. The van der Waals surface area contributed by atoms with Gasteiger partial charge in [0, 0.05) is 18.7 Å². The third kappa shape index (κ3) is 6.57. The van der Waals surface area contributed by atoms with E-state index in [1.54, 1.807) is 12.1 Å². The van der Waals surface area contributed by atoms with Crippen molar-refractivity contribution < 1.29 is 13.2 Å². The van der Waals surface area contributed by atoms with E-state index in [1.165, 1.54) is 30.5 Å². The first-order valence-corrected chi connectivity index (χ1v) is 11.1. The molecule has 26 heavy (non-hydrogen) atoms. The molecule has 1 aliphatic carbocycles. The van der Waals surface area contributed by atoms with Gasteiger partial charge in [-0.05, 0) is 56.7 Å². The van der Waals surface area contributed by atoms with Crippen molar-refractivity contribution in [3.8, 4) is 0 Å². The molecule has 0 unspecified atom stereocenters. The standard InChI is InChI=1S/C20H30N2O3S/c1-2-3-7-14-21-20(23)18-11-8-12-19(16-18)26(24,25)22-15-13-17-9-5-4-6-10-17/h8-9,11-12,16,22H,2-7,10,13-15H2,1H3,(H,21,23). The number of nitrogens with one attached hydrogen (secondary N) is 2. The smallest absolute Gasteiger partial charge is 0.251 e. The van der Waals surface area contributed by atoms with Crippen LogP contribution in [0.2, 0.25) is 0 Å². The molecule has 1 aromatic carbocycles. The van der Waals surface area contributed by atoms with Crippen LogP contribution in [0, 0.1) is 0 Å². The number of rotatable bonds is 10. The van der Waals surface area contributed by atoms with E-state index in [0.29, 0.717) is 18.7 Å². The van der Waals surface area contributed by atoms with Crippen LogP contribution in [0.3, 0.4) is 0 Å². The van der Waals surface area contributed by atoms with Crippen molar-refractivity contribution in [2.75, 3.05) is 13.1 Å². The fraction of sp³-hybridized carbons (Fsp3) is 0.550. The molecule has 0 atom stereocenters. The van der Waals surface area contributed by atoms with Gasteiger partial charge in [-0.1, -0.05) is 37.5 Å². The van der Waals surface area contributed by atoms with Crippen molar-refractivity contribution in [2.45, 2.75) is 63.2 Å². The van der Waals surface area contributed by atoms with Crippen molar-refractivity contribution in [2.24, 2.45) is 0 Å². The van der Waals surface area contributed by atoms with Gasteiger partial charge in [-0.3, -0.25) is 4.79 Å². The average Bonchev–Trinajstić information content (AvgIpc) is 2.66. The van der Waals surface area contributed by atoms with Crippen LogP contribution in [-0.2, 0) is 10.0 Å². The summed E-state index contributed by atoms with van der Waals surface area (Å²) in [5, 5.41) is 2.84. The van der Waals surface area contributed by atoms with Crippen LogP contribution in [0.5, 0.6) is 0 Å². The Kier molecular flexibility index (Phi) is 8.32. The normalized spacial score (nSPS) is 14.7. The highest BCUT2D eigenvalue weighted by Gasteiger charge is 2.16. The second kappa shape index (κ2) is 10.5. The number of carbonyl (C=O) groups excluding carboxylic acids is 1. The van der Waals surface area contributed by atoms with Crippen molar-refractivity contribution in [1.29, 1.82) is 0 Å². The van der Waals surface area contributed by atoms with Gasteiger partial charge in [-0.25, -0.2) is 13.1 Å². The van der Waals surface area contributed by atoms with E-state index in [4.69, 9.17) is 0 Å². The molecule has 0 fully saturated rings. The number of hydrogen-bond donors (Lipinski definition) is 2. The molecule has 144 valence electrons. The van der Waals surface area contributed by atoms with Gasteiger partial charge in [0.25, 0.3) is 5.91 Å². The molecule has 0 heterocycles.